The Morgan fingerprint density at radius 1 is 1.14 bits per heavy atom. The van der Waals surface area contributed by atoms with Crippen molar-refractivity contribution in [2.24, 2.45) is 0 Å². The summed E-state index contributed by atoms with van der Waals surface area (Å²) in [6.45, 7) is 3.79. The number of Topliss-reactive ketones (excluding diaryl/α,β-unsaturated/α-hetero) is 1. The van der Waals surface area contributed by atoms with E-state index in [-0.39, 0.29) is 5.78 Å². The lowest BCUT2D eigenvalue weighted by molar-refractivity contribution is 0.101. The highest BCUT2D eigenvalue weighted by Crippen LogP contribution is 2.28. The van der Waals surface area contributed by atoms with Crippen molar-refractivity contribution < 1.29 is 14.3 Å². The lowest BCUT2D eigenvalue weighted by Crippen LogP contribution is -2.04. The minimum Gasteiger partial charge on any atom is -0.497 e. The van der Waals surface area contributed by atoms with Gasteiger partial charge in [0.25, 0.3) is 0 Å². The molecule has 0 radical (unpaired) electrons. The smallest absolute Gasteiger partial charge is 0.161 e. The number of anilines is 1. The number of nitrogens with two attached hydrogens (primary N) is 1. The van der Waals surface area contributed by atoms with Crippen LogP contribution in [0, 0.1) is 6.92 Å². The second-order valence-electron chi connectivity index (χ2n) is 4.84. The monoisotopic (exact) mass is 285 g/mol. The number of benzene rings is 2. The Bertz CT molecular complexity index is 648. The molecule has 4 heteroatoms. The van der Waals surface area contributed by atoms with Crippen molar-refractivity contribution in [3.63, 3.8) is 0 Å². The van der Waals surface area contributed by atoms with Crippen molar-refractivity contribution in [1.29, 1.82) is 0 Å². The fraction of sp³-hybridized carbons (Fsp3) is 0.235. The molecule has 0 aliphatic heterocycles. The van der Waals surface area contributed by atoms with Gasteiger partial charge in [0, 0.05) is 16.8 Å². The Kier molecular flexibility index (Phi) is 4.48. The van der Waals surface area contributed by atoms with Gasteiger partial charge in [0.15, 0.2) is 5.78 Å². The number of hydrogen-bond donors (Lipinski definition) is 1. The summed E-state index contributed by atoms with van der Waals surface area (Å²) in [5.74, 6) is 1.45. The lowest BCUT2D eigenvalue weighted by atomic mass is 10.0. The fourth-order valence-electron chi connectivity index (χ4n) is 2.05. The average molecular weight is 285 g/mol. The Balaban J connectivity index is 2.12. The van der Waals surface area contributed by atoms with Gasteiger partial charge in [-0.05, 0) is 43.7 Å². The van der Waals surface area contributed by atoms with Gasteiger partial charge >= 0.3 is 0 Å². The molecule has 0 spiro atoms. The zero-order chi connectivity index (χ0) is 15.4. The Morgan fingerprint density at radius 2 is 1.81 bits per heavy atom. The Morgan fingerprint density at radius 3 is 2.38 bits per heavy atom. The zero-order valence-electron chi connectivity index (χ0n) is 12.5. The van der Waals surface area contributed by atoms with Crippen molar-refractivity contribution in [2.45, 2.75) is 20.5 Å². The molecule has 2 rings (SSSR count). The first-order chi connectivity index (χ1) is 10.0. The van der Waals surface area contributed by atoms with Crippen LogP contribution >= 0.6 is 0 Å². The maximum absolute atomic E-state index is 11.4. The van der Waals surface area contributed by atoms with Crippen molar-refractivity contribution >= 4 is 11.5 Å². The van der Waals surface area contributed by atoms with E-state index in [9.17, 15) is 4.79 Å². The van der Waals surface area contributed by atoms with Crippen LogP contribution < -0.4 is 15.2 Å². The molecule has 0 amide bonds. The first kappa shape index (κ1) is 14.9. The molecule has 110 valence electrons. The van der Waals surface area contributed by atoms with Crippen molar-refractivity contribution in [1.82, 2.24) is 0 Å². The molecule has 21 heavy (non-hydrogen) atoms. The minimum atomic E-state index is -0.0442. The second-order valence-corrected chi connectivity index (χ2v) is 4.84. The van der Waals surface area contributed by atoms with Gasteiger partial charge in [-0.3, -0.25) is 4.79 Å². The molecule has 2 aromatic rings. The Hall–Kier alpha value is -2.49. The van der Waals surface area contributed by atoms with E-state index < -0.39 is 0 Å². The highest BCUT2D eigenvalue weighted by Gasteiger charge is 2.11. The summed E-state index contributed by atoms with van der Waals surface area (Å²) in [5.41, 5.74) is 8.81. The molecule has 0 heterocycles. The number of carbonyl (C=O) groups is 1. The minimum absolute atomic E-state index is 0.0442. The molecule has 4 nitrogen and oxygen atoms in total. The van der Waals surface area contributed by atoms with Crippen LogP contribution in [0.3, 0.4) is 0 Å². The third-order valence-electron chi connectivity index (χ3n) is 3.40. The molecule has 2 N–H and O–H groups in total. The first-order valence-electron chi connectivity index (χ1n) is 6.68. The number of ketones is 1. The van der Waals surface area contributed by atoms with Crippen molar-refractivity contribution in [3.8, 4) is 11.5 Å². The number of carbonyl (C=O) groups excluding carboxylic acids is 1. The predicted octanol–water partition coefficient (Wildman–Crippen LogP) is 3.37. The van der Waals surface area contributed by atoms with Crippen LogP contribution in [0.25, 0.3) is 0 Å². The van der Waals surface area contributed by atoms with Gasteiger partial charge in [0.05, 0.1) is 7.11 Å². The molecule has 0 aliphatic rings. The number of rotatable bonds is 5. The SMILES string of the molecule is COc1ccc(COc2ccc(C(C)=O)c(N)c2C)cc1. The maximum Gasteiger partial charge on any atom is 0.161 e. The van der Waals surface area contributed by atoms with Crippen molar-refractivity contribution in [3.05, 3.63) is 53.1 Å². The molecule has 0 atom stereocenters. The molecule has 0 bridgehead atoms. The summed E-state index contributed by atoms with van der Waals surface area (Å²) in [5, 5.41) is 0. The second kappa shape index (κ2) is 6.31. The molecule has 0 aromatic heterocycles. The van der Waals surface area contributed by atoms with Gasteiger partial charge in [0.1, 0.15) is 18.1 Å². The van der Waals surface area contributed by atoms with Gasteiger partial charge < -0.3 is 15.2 Å². The fourth-order valence-corrected chi connectivity index (χ4v) is 2.05. The van der Waals surface area contributed by atoms with Gasteiger partial charge in [-0.2, -0.15) is 0 Å². The largest absolute Gasteiger partial charge is 0.497 e. The molecule has 0 fully saturated rings. The molecular formula is C17H19NO3. The summed E-state index contributed by atoms with van der Waals surface area (Å²) < 4.78 is 10.9. The molecular weight excluding hydrogens is 266 g/mol. The molecule has 0 unspecified atom stereocenters. The molecule has 0 aliphatic carbocycles. The molecule has 0 saturated heterocycles. The standard InChI is InChI=1S/C17H19NO3/c1-11-16(9-8-15(12(2)19)17(11)18)21-10-13-4-6-14(20-3)7-5-13/h4-9H,10,18H2,1-3H3. The number of nitrogen functional groups attached to an aromatic ring is 1. The van der Waals surface area contributed by atoms with E-state index >= 15 is 0 Å². The van der Waals surface area contributed by atoms with Crippen LogP contribution in [0.15, 0.2) is 36.4 Å². The van der Waals surface area contributed by atoms with E-state index in [2.05, 4.69) is 0 Å². The zero-order valence-corrected chi connectivity index (χ0v) is 12.5. The number of methoxy groups -OCH3 is 1. The predicted molar refractivity (Wildman–Crippen MR) is 82.9 cm³/mol. The topological polar surface area (TPSA) is 61.5 Å². The van der Waals surface area contributed by atoms with Gasteiger partial charge in [-0.1, -0.05) is 12.1 Å². The van der Waals surface area contributed by atoms with E-state index in [1.807, 2.05) is 31.2 Å². The third-order valence-corrected chi connectivity index (χ3v) is 3.40. The summed E-state index contributed by atoms with van der Waals surface area (Å²) in [7, 11) is 1.63. The molecule has 2 aromatic carbocycles. The third kappa shape index (κ3) is 3.34. The van der Waals surface area contributed by atoms with Crippen LogP contribution in [0.1, 0.15) is 28.4 Å². The van der Waals surface area contributed by atoms with Gasteiger partial charge in [-0.15, -0.1) is 0 Å². The van der Waals surface area contributed by atoms with E-state index in [1.165, 1.54) is 6.92 Å². The summed E-state index contributed by atoms with van der Waals surface area (Å²) >= 11 is 0. The van der Waals surface area contributed by atoms with Gasteiger partial charge in [0.2, 0.25) is 0 Å². The van der Waals surface area contributed by atoms with Crippen LogP contribution in [0.4, 0.5) is 5.69 Å². The van der Waals surface area contributed by atoms with Crippen LogP contribution in [-0.2, 0) is 6.61 Å². The van der Waals surface area contributed by atoms with E-state index in [1.54, 1.807) is 19.2 Å². The first-order valence-corrected chi connectivity index (χ1v) is 6.68. The summed E-state index contributed by atoms with van der Waals surface area (Å²) in [6.07, 6.45) is 0. The van der Waals surface area contributed by atoms with E-state index in [0.29, 0.717) is 23.6 Å². The lowest BCUT2D eigenvalue weighted by Gasteiger charge is -2.13. The summed E-state index contributed by atoms with van der Waals surface area (Å²) in [4.78, 5) is 11.4. The van der Waals surface area contributed by atoms with Gasteiger partial charge in [-0.25, -0.2) is 0 Å². The maximum atomic E-state index is 11.4. The van der Waals surface area contributed by atoms with E-state index in [4.69, 9.17) is 15.2 Å². The highest BCUT2D eigenvalue weighted by atomic mass is 16.5. The Labute approximate surface area is 124 Å². The average Bonchev–Trinajstić information content (AvgIpc) is 2.49. The van der Waals surface area contributed by atoms with Crippen LogP contribution in [0.2, 0.25) is 0 Å². The number of hydrogen-bond acceptors (Lipinski definition) is 4. The quantitative estimate of drug-likeness (QED) is 0.676. The number of ether oxygens (including phenoxy) is 2. The molecule has 0 saturated carbocycles. The van der Waals surface area contributed by atoms with Crippen molar-refractivity contribution in [2.75, 3.05) is 12.8 Å². The summed E-state index contributed by atoms with van der Waals surface area (Å²) in [6, 6.07) is 11.2. The van der Waals surface area contributed by atoms with E-state index in [0.717, 1.165) is 16.9 Å². The van der Waals surface area contributed by atoms with Crippen LogP contribution in [-0.4, -0.2) is 12.9 Å². The normalized spacial score (nSPS) is 10.2. The van der Waals surface area contributed by atoms with Crippen LogP contribution in [0.5, 0.6) is 11.5 Å². The highest BCUT2D eigenvalue weighted by molar-refractivity contribution is 6.00.